The fourth-order valence-electron chi connectivity index (χ4n) is 2.30. The van der Waals surface area contributed by atoms with Crippen LogP contribution in [0.5, 0.6) is 0 Å². The Balaban J connectivity index is 2.09. The molecule has 2 rings (SSSR count). The largest absolute Gasteiger partial charge is 0.389 e. The van der Waals surface area contributed by atoms with Crippen molar-refractivity contribution in [2.75, 3.05) is 18.0 Å². The standard InChI is InChI=1S/C13H16BrN3OS/c1-8(18)16-9-4-5-17(7-9)10-2-3-11(13(15)19)12(14)6-10/h2-3,6,9H,4-5,7H2,1H3,(H2,15,19)(H,16,18). The van der Waals surface area contributed by atoms with Gasteiger partial charge in [-0.2, -0.15) is 0 Å². The summed E-state index contributed by atoms with van der Waals surface area (Å²) in [5.41, 5.74) is 7.59. The van der Waals surface area contributed by atoms with Crippen molar-refractivity contribution in [2.24, 2.45) is 5.73 Å². The number of carbonyl (C=O) groups excluding carboxylic acids is 1. The summed E-state index contributed by atoms with van der Waals surface area (Å²) in [5.74, 6) is 0.0249. The molecule has 0 radical (unpaired) electrons. The molecule has 1 heterocycles. The molecule has 1 aliphatic rings. The van der Waals surface area contributed by atoms with Crippen LogP contribution in [-0.4, -0.2) is 30.0 Å². The predicted molar refractivity (Wildman–Crippen MR) is 84.5 cm³/mol. The highest BCUT2D eigenvalue weighted by Crippen LogP contribution is 2.26. The maximum atomic E-state index is 11.1. The number of nitrogens with two attached hydrogens (primary N) is 1. The number of benzene rings is 1. The van der Waals surface area contributed by atoms with Gasteiger partial charge in [0.1, 0.15) is 4.99 Å². The van der Waals surface area contributed by atoms with Crippen LogP contribution in [0, 0.1) is 0 Å². The van der Waals surface area contributed by atoms with Crippen LogP contribution in [-0.2, 0) is 4.79 Å². The van der Waals surface area contributed by atoms with E-state index in [1.165, 1.54) is 0 Å². The molecule has 6 heteroatoms. The van der Waals surface area contributed by atoms with Gasteiger partial charge < -0.3 is 16.0 Å². The normalized spacial score (nSPS) is 18.4. The van der Waals surface area contributed by atoms with Crippen LogP contribution in [0.25, 0.3) is 0 Å². The minimum atomic E-state index is 0.0249. The van der Waals surface area contributed by atoms with Gasteiger partial charge in [0.2, 0.25) is 5.91 Å². The molecule has 1 aromatic carbocycles. The molecule has 1 aliphatic heterocycles. The summed E-state index contributed by atoms with van der Waals surface area (Å²) in [4.78, 5) is 13.7. The van der Waals surface area contributed by atoms with Crippen LogP contribution < -0.4 is 16.0 Å². The number of nitrogens with zero attached hydrogens (tertiary/aromatic N) is 1. The summed E-state index contributed by atoms with van der Waals surface area (Å²) in [6.07, 6.45) is 0.967. The Hall–Kier alpha value is -1.14. The van der Waals surface area contributed by atoms with Gasteiger partial charge in [0.25, 0.3) is 0 Å². The molecule has 1 atom stereocenters. The number of thiocarbonyl (C=S) groups is 1. The van der Waals surface area contributed by atoms with E-state index in [4.69, 9.17) is 18.0 Å². The number of nitrogens with one attached hydrogen (secondary N) is 1. The molecule has 102 valence electrons. The van der Waals surface area contributed by atoms with Crippen LogP contribution in [0.3, 0.4) is 0 Å². The van der Waals surface area contributed by atoms with E-state index in [2.05, 4.69) is 26.1 Å². The monoisotopic (exact) mass is 341 g/mol. The smallest absolute Gasteiger partial charge is 0.217 e. The van der Waals surface area contributed by atoms with Gasteiger partial charge >= 0.3 is 0 Å². The number of anilines is 1. The van der Waals surface area contributed by atoms with E-state index in [0.717, 1.165) is 35.2 Å². The lowest BCUT2D eigenvalue weighted by Gasteiger charge is -2.20. The van der Waals surface area contributed by atoms with Crippen LogP contribution >= 0.6 is 28.1 Å². The Morgan fingerprint density at radius 2 is 2.32 bits per heavy atom. The number of hydrogen-bond acceptors (Lipinski definition) is 3. The quantitative estimate of drug-likeness (QED) is 0.823. The Labute approximate surface area is 126 Å². The van der Waals surface area contributed by atoms with Gasteiger partial charge in [-0.3, -0.25) is 4.79 Å². The lowest BCUT2D eigenvalue weighted by Crippen LogP contribution is -2.35. The van der Waals surface area contributed by atoms with Gasteiger partial charge in [-0.1, -0.05) is 12.2 Å². The highest BCUT2D eigenvalue weighted by Gasteiger charge is 2.23. The summed E-state index contributed by atoms with van der Waals surface area (Å²) < 4.78 is 0.903. The second kappa shape index (κ2) is 5.88. The first-order chi connectivity index (χ1) is 8.97. The number of halogens is 1. The first-order valence-corrected chi connectivity index (χ1v) is 7.29. The fourth-order valence-corrected chi connectivity index (χ4v) is 3.19. The zero-order valence-corrected chi connectivity index (χ0v) is 13.1. The van der Waals surface area contributed by atoms with Gasteiger partial charge in [-0.25, -0.2) is 0 Å². The Morgan fingerprint density at radius 3 is 2.89 bits per heavy atom. The molecule has 1 unspecified atom stereocenters. The average Bonchev–Trinajstić information content (AvgIpc) is 2.75. The van der Waals surface area contributed by atoms with Crippen molar-refractivity contribution in [2.45, 2.75) is 19.4 Å². The maximum Gasteiger partial charge on any atom is 0.217 e. The van der Waals surface area contributed by atoms with Crippen molar-refractivity contribution in [3.8, 4) is 0 Å². The predicted octanol–water partition coefficient (Wildman–Crippen LogP) is 1.80. The number of amides is 1. The zero-order valence-electron chi connectivity index (χ0n) is 10.6. The molecule has 0 saturated carbocycles. The first-order valence-electron chi connectivity index (χ1n) is 6.09. The molecule has 0 spiro atoms. The molecular formula is C13H16BrN3OS. The van der Waals surface area contributed by atoms with E-state index in [1.54, 1.807) is 6.92 Å². The molecule has 4 nitrogen and oxygen atoms in total. The third kappa shape index (κ3) is 3.45. The molecule has 1 saturated heterocycles. The van der Waals surface area contributed by atoms with E-state index >= 15 is 0 Å². The second-order valence-electron chi connectivity index (χ2n) is 4.66. The highest BCUT2D eigenvalue weighted by molar-refractivity contribution is 9.10. The third-order valence-corrected chi connectivity index (χ3v) is 4.05. The average molecular weight is 342 g/mol. The van der Waals surface area contributed by atoms with Gasteiger partial charge in [0.15, 0.2) is 0 Å². The Bertz CT molecular complexity index is 521. The van der Waals surface area contributed by atoms with Crippen molar-refractivity contribution < 1.29 is 4.79 Å². The third-order valence-electron chi connectivity index (χ3n) is 3.18. The topological polar surface area (TPSA) is 58.4 Å². The van der Waals surface area contributed by atoms with Gasteiger partial charge in [-0.05, 0) is 40.5 Å². The Morgan fingerprint density at radius 1 is 1.58 bits per heavy atom. The Kier molecular flexibility index (Phi) is 4.42. The summed E-state index contributed by atoms with van der Waals surface area (Å²) in [6.45, 7) is 3.32. The zero-order chi connectivity index (χ0) is 14.0. The summed E-state index contributed by atoms with van der Waals surface area (Å²) in [6, 6.07) is 6.18. The molecule has 0 aliphatic carbocycles. The SMILES string of the molecule is CC(=O)NC1CCN(c2ccc(C(N)=S)c(Br)c2)C1. The van der Waals surface area contributed by atoms with Crippen molar-refractivity contribution >= 4 is 44.7 Å². The molecule has 0 aromatic heterocycles. The van der Waals surface area contributed by atoms with Crippen molar-refractivity contribution in [3.05, 3.63) is 28.2 Å². The van der Waals surface area contributed by atoms with Gasteiger partial charge in [0.05, 0.1) is 0 Å². The molecular weight excluding hydrogens is 326 g/mol. The van der Waals surface area contributed by atoms with Crippen molar-refractivity contribution in [1.82, 2.24) is 5.32 Å². The minimum absolute atomic E-state index is 0.0249. The van der Waals surface area contributed by atoms with E-state index in [1.807, 2.05) is 18.2 Å². The molecule has 1 amide bonds. The lowest BCUT2D eigenvalue weighted by atomic mass is 10.2. The van der Waals surface area contributed by atoms with Crippen molar-refractivity contribution in [1.29, 1.82) is 0 Å². The van der Waals surface area contributed by atoms with Crippen molar-refractivity contribution in [3.63, 3.8) is 0 Å². The highest BCUT2D eigenvalue weighted by atomic mass is 79.9. The van der Waals surface area contributed by atoms with Crippen LogP contribution in [0.15, 0.2) is 22.7 Å². The lowest BCUT2D eigenvalue weighted by molar-refractivity contribution is -0.119. The maximum absolute atomic E-state index is 11.1. The summed E-state index contributed by atoms with van der Waals surface area (Å²) in [5, 5.41) is 2.95. The molecule has 1 aromatic rings. The van der Waals surface area contributed by atoms with E-state index in [9.17, 15) is 4.79 Å². The van der Waals surface area contributed by atoms with E-state index < -0.39 is 0 Å². The van der Waals surface area contributed by atoms with Crippen LogP contribution in [0.1, 0.15) is 18.9 Å². The van der Waals surface area contributed by atoms with Gasteiger partial charge in [-0.15, -0.1) is 0 Å². The number of rotatable bonds is 3. The molecule has 1 fully saturated rings. The molecule has 0 bridgehead atoms. The van der Waals surface area contributed by atoms with Crippen LogP contribution in [0.2, 0.25) is 0 Å². The van der Waals surface area contributed by atoms with Crippen LogP contribution in [0.4, 0.5) is 5.69 Å². The first kappa shape index (κ1) is 14.3. The number of hydrogen-bond donors (Lipinski definition) is 2. The summed E-state index contributed by atoms with van der Waals surface area (Å²) >= 11 is 8.47. The second-order valence-corrected chi connectivity index (χ2v) is 5.95. The fraction of sp³-hybridized carbons (Fsp3) is 0.385. The minimum Gasteiger partial charge on any atom is -0.389 e. The molecule has 19 heavy (non-hydrogen) atoms. The molecule has 3 N–H and O–H groups in total. The van der Waals surface area contributed by atoms with Gasteiger partial charge in [0, 0.05) is 41.8 Å². The summed E-state index contributed by atoms with van der Waals surface area (Å²) in [7, 11) is 0. The number of carbonyl (C=O) groups is 1. The van der Waals surface area contributed by atoms with E-state index in [0.29, 0.717) is 4.99 Å². The van der Waals surface area contributed by atoms with E-state index in [-0.39, 0.29) is 11.9 Å².